The van der Waals surface area contributed by atoms with E-state index < -0.39 is 0 Å². The number of hydrogen-bond donors (Lipinski definition) is 1. The summed E-state index contributed by atoms with van der Waals surface area (Å²) in [5.74, 6) is 2.40. The number of methoxy groups -OCH3 is 3. The van der Waals surface area contributed by atoms with E-state index >= 15 is 0 Å². The summed E-state index contributed by atoms with van der Waals surface area (Å²) < 4.78 is 15.6. The highest BCUT2D eigenvalue weighted by Gasteiger charge is 2.05. The molecule has 5 nitrogen and oxygen atoms in total. The third-order valence-corrected chi connectivity index (χ3v) is 2.98. The molecule has 21 heavy (non-hydrogen) atoms. The van der Waals surface area contributed by atoms with Gasteiger partial charge in [0.05, 0.1) is 27.0 Å². The Bertz CT molecular complexity index is 654. The largest absolute Gasteiger partial charge is 0.497 e. The quantitative estimate of drug-likeness (QED) is 0.678. The summed E-state index contributed by atoms with van der Waals surface area (Å²) in [5, 5.41) is 0. The number of aliphatic imine (C=N–C) groups is 1. The van der Waals surface area contributed by atoms with E-state index in [0.717, 1.165) is 11.3 Å². The Labute approximate surface area is 124 Å². The fraction of sp³-hybridized carbons (Fsp3) is 0.188. The lowest BCUT2D eigenvalue weighted by Gasteiger charge is -2.08. The zero-order valence-electron chi connectivity index (χ0n) is 12.3. The van der Waals surface area contributed by atoms with Gasteiger partial charge in [0, 0.05) is 11.6 Å². The van der Waals surface area contributed by atoms with E-state index in [-0.39, 0.29) is 0 Å². The zero-order valence-corrected chi connectivity index (χ0v) is 12.3. The number of nitrogens with two attached hydrogens (primary N) is 1. The van der Waals surface area contributed by atoms with Gasteiger partial charge in [-0.15, -0.1) is 0 Å². The van der Waals surface area contributed by atoms with Crippen molar-refractivity contribution in [2.75, 3.05) is 21.3 Å². The molecule has 0 unspecified atom stereocenters. The van der Waals surface area contributed by atoms with Gasteiger partial charge in [-0.3, -0.25) is 0 Å². The number of ether oxygens (including phenoxy) is 3. The molecule has 0 fully saturated rings. The first-order chi connectivity index (χ1) is 10.2. The van der Waals surface area contributed by atoms with Gasteiger partial charge < -0.3 is 19.9 Å². The molecule has 0 aromatic heterocycles. The minimum atomic E-state index is 0.404. The SMILES string of the molecule is COc1cccc(C(N)=Nc2ccc(OC)c(OC)c2)c1. The van der Waals surface area contributed by atoms with Crippen molar-refractivity contribution in [3.8, 4) is 17.2 Å². The monoisotopic (exact) mass is 286 g/mol. The molecule has 2 N–H and O–H groups in total. The molecule has 0 saturated heterocycles. The van der Waals surface area contributed by atoms with Crippen molar-refractivity contribution >= 4 is 11.5 Å². The smallest absolute Gasteiger partial charge is 0.162 e. The zero-order chi connectivity index (χ0) is 15.2. The molecule has 0 saturated carbocycles. The molecule has 110 valence electrons. The molecule has 2 rings (SSSR count). The first-order valence-corrected chi connectivity index (χ1v) is 6.38. The van der Waals surface area contributed by atoms with Crippen LogP contribution >= 0.6 is 0 Å². The van der Waals surface area contributed by atoms with Gasteiger partial charge >= 0.3 is 0 Å². The fourth-order valence-corrected chi connectivity index (χ4v) is 1.88. The van der Waals surface area contributed by atoms with E-state index in [1.54, 1.807) is 33.5 Å². The number of benzene rings is 2. The third-order valence-electron chi connectivity index (χ3n) is 2.98. The topological polar surface area (TPSA) is 66.1 Å². The fourth-order valence-electron chi connectivity index (χ4n) is 1.88. The average molecular weight is 286 g/mol. The van der Waals surface area contributed by atoms with Crippen LogP contribution in [0.15, 0.2) is 47.5 Å². The molecular formula is C16H18N2O3. The predicted octanol–water partition coefficient (Wildman–Crippen LogP) is 2.75. The van der Waals surface area contributed by atoms with Gasteiger partial charge in [0.15, 0.2) is 11.5 Å². The molecular weight excluding hydrogens is 268 g/mol. The minimum absolute atomic E-state index is 0.404. The number of hydrogen-bond acceptors (Lipinski definition) is 4. The van der Waals surface area contributed by atoms with Gasteiger partial charge in [-0.1, -0.05) is 12.1 Å². The second kappa shape index (κ2) is 6.65. The maximum absolute atomic E-state index is 6.04. The van der Waals surface area contributed by atoms with Gasteiger partial charge in [-0.2, -0.15) is 0 Å². The van der Waals surface area contributed by atoms with E-state index in [4.69, 9.17) is 19.9 Å². The number of nitrogens with zero attached hydrogens (tertiary/aromatic N) is 1. The second-order valence-corrected chi connectivity index (χ2v) is 4.27. The lowest BCUT2D eigenvalue weighted by atomic mass is 10.2. The van der Waals surface area contributed by atoms with E-state index in [1.165, 1.54) is 0 Å². The first-order valence-electron chi connectivity index (χ1n) is 6.38. The Balaban J connectivity index is 2.33. The van der Waals surface area contributed by atoms with Crippen LogP contribution in [0.4, 0.5) is 5.69 Å². The molecule has 0 atom stereocenters. The summed E-state index contributed by atoms with van der Waals surface area (Å²) in [5.41, 5.74) is 7.52. The lowest BCUT2D eigenvalue weighted by Crippen LogP contribution is -2.12. The second-order valence-electron chi connectivity index (χ2n) is 4.27. The van der Waals surface area contributed by atoms with Gasteiger partial charge in [0.1, 0.15) is 11.6 Å². The Kier molecular flexibility index (Phi) is 4.66. The summed E-state index contributed by atoms with van der Waals surface area (Å²) in [7, 11) is 4.78. The van der Waals surface area contributed by atoms with Crippen LogP contribution in [0.5, 0.6) is 17.2 Å². The molecule has 0 spiro atoms. The maximum atomic E-state index is 6.04. The normalized spacial score (nSPS) is 11.1. The van der Waals surface area contributed by atoms with Crippen molar-refractivity contribution in [3.63, 3.8) is 0 Å². The molecule has 0 aliphatic heterocycles. The molecule has 0 bridgehead atoms. The Morgan fingerprint density at radius 1 is 0.905 bits per heavy atom. The highest BCUT2D eigenvalue weighted by Crippen LogP contribution is 2.31. The van der Waals surface area contributed by atoms with Crippen molar-refractivity contribution in [1.82, 2.24) is 0 Å². The van der Waals surface area contributed by atoms with Crippen LogP contribution in [-0.2, 0) is 0 Å². The van der Waals surface area contributed by atoms with Gasteiger partial charge in [0.25, 0.3) is 0 Å². The maximum Gasteiger partial charge on any atom is 0.162 e. The average Bonchev–Trinajstić information content (AvgIpc) is 2.54. The van der Waals surface area contributed by atoms with Gasteiger partial charge in [0.2, 0.25) is 0 Å². The molecule has 5 heteroatoms. The molecule has 0 aliphatic carbocycles. The Hall–Kier alpha value is -2.69. The summed E-state index contributed by atoms with van der Waals surface area (Å²) >= 11 is 0. The van der Waals surface area contributed by atoms with Crippen molar-refractivity contribution in [3.05, 3.63) is 48.0 Å². The van der Waals surface area contributed by atoms with E-state index in [2.05, 4.69) is 4.99 Å². The van der Waals surface area contributed by atoms with Crippen molar-refractivity contribution < 1.29 is 14.2 Å². The van der Waals surface area contributed by atoms with Crippen LogP contribution < -0.4 is 19.9 Å². The molecule has 0 heterocycles. The van der Waals surface area contributed by atoms with E-state index in [0.29, 0.717) is 23.0 Å². The van der Waals surface area contributed by atoms with Crippen molar-refractivity contribution in [1.29, 1.82) is 0 Å². The van der Waals surface area contributed by atoms with Crippen molar-refractivity contribution in [2.24, 2.45) is 10.7 Å². The Morgan fingerprint density at radius 2 is 1.67 bits per heavy atom. The van der Waals surface area contributed by atoms with Gasteiger partial charge in [-0.05, 0) is 24.3 Å². The van der Waals surface area contributed by atoms with Crippen LogP contribution in [0, 0.1) is 0 Å². The Morgan fingerprint density at radius 3 is 2.33 bits per heavy atom. The van der Waals surface area contributed by atoms with Crippen LogP contribution in [0.1, 0.15) is 5.56 Å². The molecule has 0 aliphatic rings. The molecule has 2 aromatic rings. The summed E-state index contributed by atoms with van der Waals surface area (Å²) in [6.45, 7) is 0. The number of amidine groups is 1. The standard InChI is InChI=1S/C16H18N2O3/c1-19-13-6-4-5-11(9-13)16(17)18-12-7-8-14(20-2)15(10-12)21-3/h4-10H,1-3H3,(H2,17,18). The molecule has 0 amide bonds. The van der Waals surface area contributed by atoms with Gasteiger partial charge in [-0.25, -0.2) is 4.99 Å². The summed E-state index contributed by atoms with van der Waals surface area (Å²) in [6, 6.07) is 12.8. The highest BCUT2D eigenvalue weighted by molar-refractivity contribution is 5.99. The third kappa shape index (κ3) is 3.45. The van der Waals surface area contributed by atoms with Crippen LogP contribution in [0.2, 0.25) is 0 Å². The summed E-state index contributed by atoms with van der Waals surface area (Å²) in [4.78, 5) is 4.39. The van der Waals surface area contributed by atoms with Crippen molar-refractivity contribution in [2.45, 2.75) is 0 Å². The van der Waals surface area contributed by atoms with Crippen LogP contribution in [-0.4, -0.2) is 27.2 Å². The van der Waals surface area contributed by atoms with E-state index in [1.807, 2.05) is 30.3 Å². The van der Waals surface area contributed by atoms with Crippen LogP contribution in [0.3, 0.4) is 0 Å². The highest BCUT2D eigenvalue weighted by atomic mass is 16.5. The van der Waals surface area contributed by atoms with Crippen LogP contribution in [0.25, 0.3) is 0 Å². The number of rotatable bonds is 5. The predicted molar refractivity (Wildman–Crippen MR) is 82.9 cm³/mol. The minimum Gasteiger partial charge on any atom is -0.497 e. The first kappa shape index (κ1) is 14.7. The molecule has 2 aromatic carbocycles. The van der Waals surface area contributed by atoms with E-state index in [9.17, 15) is 0 Å². The lowest BCUT2D eigenvalue weighted by molar-refractivity contribution is 0.355. The molecule has 0 radical (unpaired) electrons. The summed E-state index contributed by atoms with van der Waals surface area (Å²) in [6.07, 6.45) is 0.